The number of amides is 2. The number of hydrogen-bond acceptors (Lipinski definition) is 3. The highest BCUT2D eigenvalue weighted by Crippen LogP contribution is 2.42. The van der Waals surface area contributed by atoms with Gasteiger partial charge < -0.3 is 14.5 Å². The minimum absolute atomic E-state index is 0.0340. The van der Waals surface area contributed by atoms with Crippen LogP contribution >= 0.6 is 0 Å². The molecule has 0 N–H and O–H groups in total. The predicted molar refractivity (Wildman–Crippen MR) is 169 cm³/mol. The minimum Gasteiger partial charge on any atom is -0.484 e. The molecule has 1 heterocycles. The zero-order valence-electron chi connectivity index (χ0n) is 23.9. The number of anilines is 2. The van der Waals surface area contributed by atoms with Gasteiger partial charge in [-0.2, -0.15) is 0 Å². The second-order valence-corrected chi connectivity index (χ2v) is 10.8. The summed E-state index contributed by atoms with van der Waals surface area (Å²) in [7, 11) is 0. The minimum atomic E-state index is -0.266. The van der Waals surface area contributed by atoms with E-state index in [0.29, 0.717) is 17.7 Å². The van der Waals surface area contributed by atoms with E-state index in [1.165, 1.54) is 5.56 Å². The summed E-state index contributed by atoms with van der Waals surface area (Å²) in [5.74, 6) is 0.475. The van der Waals surface area contributed by atoms with E-state index in [2.05, 4.69) is 19.9 Å². The van der Waals surface area contributed by atoms with E-state index in [0.717, 1.165) is 34.1 Å². The first-order valence-corrected chi connectivity index (χ1v) is 14.5. The van der Waals surface area contributed by atoms with Crippen LogP contribution in [0.2, 0.25) is 0 Å². The Hall–Kier alpha value is -4.90. The van der Waals surface area contributed by atoms with Crippen LogP contribution in [0.25, 0.3) is 10.8 Å². The van der Waals surface area contributed by atoms with Crippen molar-refractivity contribution in [2.45, 2.75) is 38.8 Å². The highest BCUT2D eigenvalue weighted by Gasteiger charge is 2.39. The molecule has 6 rings (SSSR count). The topological polar surface area (TPSA) is 49.9 Å². The number of ether oxygens (including phenoxy) is 1. The summed E-state index contributed by atoms with van der Waals surface area (Å²) in [6, 6.07) is 39.1. The average Bonchev–Trinajstić information content (AvgIpc) is 3.04. The van der Waals surface area contributed by atoms with Gasteiger partial charge in [0.05, 0.1) is 6.04 Å². The van der Waals surface area contributed by atoms with Crippen LogP contribution in [0.1, 0.15) is 47.8 Å². The van der Waals surface area contributed by atoms with E-state index in [4.69, 9.17) is 4.74 Å². The molecule has 1 aliphatic heterocycles. The zero-order valence-corrected chi connectivity index (χ0v) is 23.9. The van der Waals surface area contributed by atoms with E-state index in [-0.39, 0.29) is 30.5 Å². The first-order chi connectivity index (χ1) is 20.5. The van der Waals surface area contributed by atoms with Crippen LogP contribution in [0.15, 0.2) is 121 Å². The van der Waals surface area contributed by atoms with Crippen LogP contribution in [0.4, 0.5) is 11.4 Å². The SMILES string of the molecule is CCc1ccc(C(=O)N2c3ccccc3[C@H](N(C(=O)COc3ccc4ccccc4c3)c3ccccc3)C[C@@H]2C)cc1. The molecule has 0 bridgehead atoms. The van der Waals surface area contributed by atoms with Crippen LogP contribution in [0, 0.1) is 0 Å². The molecule has 0 aromatic heterocycles. The van der Waals surface area contributed by atoms with Gasteiger partial charge >= 0.3 is 0 Å². The van der Waals surface area contributed by atoms with Crippen LogP contribution in [0.3, 0.4) is 0 Å². The van der Waals surface area contributed by atoms with Crippen molar-refractivity contribution >= 4 is 34.0 Å². The van der Waals surface area contributed by atoms with Crippen molar-refractivity contribution in [3.63, 3.8) is 0 Å². The van der Waals surface area contributed by atoms with Gasteiger partial charge in [-0.15, -0.1) is 0 Å². The first kappa shape index (κ1) is 27.3. The molecule has 5 heteroatoms. The Labute approximate surface area is 247 Å². The lowest BCUT2D eigenvalue weighted by Gasteiger charge is -2.43. The van der Waals surface area contributed by atoms with Crippen LogP contribution in [-0.4, -0.2) is 24.5 Å². The smallest absolute Gasteiger partial charge is 0.265 e. The molecule has 42 heavy (non-hydrogen) atoms. The second-order valence-electron chi connectivity index (χ2n) is 10.8. The summed E-state index contributed by atoms with van der Waals surface area (Å²) < 4.78 is 6.06. The van der Waals surface area contributed by atoms with Crippen molar-refractivity contribution in [1.82, 2.24) is 0 Å². The third kappa shape index (κ3) is 5.38. The summed E-state index contributed by atoms with van der Waals surface area (Å²) >= 11 is 0. The van der Waals surface area contributed by atoms with Crippen molar-refractivity contribution in [3.05, 3.63) is 138 Å². The number of rotatable bonds is 7. The van der Waals surface area contributed by atoms with Crippen molar-refractivity contribution in [1.29, 1.82) is 0 Å². The second kappa shape index (κ2) is 11.9. The van der Waals surface area contributed by atoms with E-state index < -0.39 is 0 Å². The molecule has 2 atom stereocenters. The third-order valence-corrected chi connectivity index (χ3v) is 8.09. The van der Waals surface area contributed by atoms with Crippen molar-refractivity contribution in [3.8, 4) is 5.75 Å². The largest absolute Gasteiger partial charge is 0.484 e. The summed E-state index contributed by atoms with van der Waals surface area (Å²) in [6.07, 6.45) is 1.51. The molecule has 2 amide bonds. The fourth-order valence-corrected chi connectivity index (χ4v) is 5.92. The molecule has 0 fully saturated rings. The van der Waals surface area contributed by atoms with Crippen molar-refractivity contribution in [2.24, 2.45) is 0 Å². The monoisotopic (exact) mass is 554 g/mol. The molecule has 0 unspecified atom stereocenters. The van der Waals surface area contributed by atoms with Gasteiger partial charge in [0.2, 0.25) is 0 Å². The first-order valence-electron chi connectivity index (χ1n) is 14.5. The number of hydrogen-bond donors (Lipinski definition) is 0. The summed E-state index contributed by atoms with van der Waals surface area (Å²) in [4.78, 5) is 31.6. The van der Waals surface area contributed by atoms with Crippen molar-refractivity contribution in [2.75, 3.05) is 16.4 Å². The van der Waals surface area contributed by atoms with Crippen LogP contribution in [0.5, 0.6) is 5.75 Å². The molecule has 5 aromatic carbocycles. The molecule has 5 aromatic rings. The van der Waals surface area contributed by atoms with E-state index in [9.17, 15) is 9.59 Å². The number of fused-ring (bicyclic) bond motifs is 2. The summed E-state index contributed by atoms with van der Waals surface area (Å²) in [6.45, 7) is 4.06. The molecular formula is C37H34N2O3. The fourth-order valence-electron chi connectivity index (χ4n) is 5.92. The molecule has 5 nitrogen and oxygen atoms in total. The average molecular weight is 555 g/mol. The molecule has 0 spiro atoms. The molecule has 210 valence electrons. The molecular weight excluding hydrogens is 520 g/mol. The van der Waals surface area contributed by atoms with E-state index in [1.54, 1.807) is 0 Å². The van der Waals surface area contributed by atoms with Gasteiger partial charge in [-0.25, -0.2) is 0 Å². The van der Waals surface area contributed by atoms with Gasteiger partial charge in [-0.1, -0.05) is 85.8 Å². The van der Waals surface area contributed by atoms with Gasteiger partial charge in [0.1, 0.15) is 5.75 Å². The lowest BCUT2D eigenvalue weighted by atomic mass is 9.89. The highest BCUT2D eigenvalue weighted by atomic mass is 16.5. The van der Waals surface area contributed by atoms with Gasteiger partial charge in [-0.3, -0.25) is 9.59 Å². The maximum absolute atomic E-state index is 14.0. The lowest BCUT2D eigenvalue weighted by Crippen LogP contribution is -2.48. The van der Waals surface area contributed by atoms with Crippen LogP contribution in [-0.2, 0) is 11.2 Å². The number of carbonyl (C=O) groups is 2. The molecule has 0 saturated carbocycles. The highest BCUT2D eigenvalue weighted by molar-refractivity contribution is 6.07. The van der Waals surface area contributed by atoms with Crippen molar-refractivity contribution < 1.29 is 14.3 Å². The Morgan fingerprint density at radius 2 is 1.50 bits per heavy atom. The number of benzene rings is 5. The number of nitrogens with zero attached hydrogens (tertiary/aromatic N) is 2. The Balaban J connectivity index is 1.32. The normalized spacial score (nSPS) is 16.1. The van der Waals surface area contributed by atoms with Gasteiger partial charge in [-0.05, 0) is 84.1 Å². The van der Waals surface area contributed by atoms with Gasteiger partial charge in [0.25, 0.3) is 11.8 Å². The number of carbonyl (C=O) groups excluding carboxylic acids is 2. The predicted octanol–water partition coefficient (Wildman–Crippen LogP) is 7.99. The Bertz CT molecular complexity index is 1710. The third-order valence-electron chi connectivity index (χ3n) is 8.09. The standard InChI is InChI=1S/C37H34N2O3/c1-3-27-17-19-29(20-18-27)37(41)38-26(2)23-35(33-15-9-10-16-34(33)38)39(31-13-5-4-6-14-31)36(40)25-42-32-22-21-28-11-7-8-12-30(28)24-32/h4-22,24,26,35H,3,23,25H2,1-2H3/t26-,35+/m0/s1. The fraction of sp³-hybridized carbons (Fsp3) is 0.189. The number of para-hydroxylation sites is 2. The molecule has 0 aliphatic carbocycles. The van der Waals surface area contributed by atoms with Gasteiger partial charge in [0, 0.05) is 23.0 Å². The number of aryl methyl sites for hydroxylation is 1. The lowest BCUT2D eigenvalue weighted by molar-refractivity contribution is -0.121. The molecule has 1 aliphatic rings. The quantitative estimate of drug-likeness (QED) is 0.205. The molecule has 0 saturated heterocycles. The van der Waals surface area contributed by atoms with E-state index in [1.807, 2.05) is 125 Å². The van der Waals surface area contributed by atoms with Gasteiger partial charge in [0.15, 0.2) is 6.61 Å². The Morgan fingerprint density at radius 1 is 0.810 bits per heavy atom. The maximum atomic E-state index is 14.0. The summed E-state index contributed by atoms with van der Waals surface area (Å²) in [5, 5.41) is 2.18. The molecule has 0 radical (unpaired) electrons. The van der Waals surface area contributed by atoms with E-state index >= 15 is 0 Å². The maximum Gasteiger partial charge on any atom is 0.265 e. The Kier molecular flexibility index (Phi) is 7.74. The van der Waals surface area contributed by atoms with Crippen LogP contribution < -0.4 is 14.5 Å². The zero-order chi connectivity index (χ0) is 29.1. The Morgan fingerprint density at radius 3 is 2.26 bits per heavy atom. The summed E-state index contributed by atoms with van der Waals surface area (Å²) in [5.41, 5.74) is 4.42.